The number of esters is 2. The van der Waals surface area contributed by atoms with Gasteiger partial charge in [0.1, 0.15) is 40.9 Å². The van der Waals surface area contributed by atoms with E-state index < -0.39 is 29.3 Å². The Hall–Kier alpha value is -3.94. The molecule has 0 heterocycles. The van der Waals surface area contributed by atoms with Gasteiger partial charge in [-0.1, -0.05) is 30.3 Å². The Morgan fingerprint density at radius 2 is 1.35 bits per heavy atom. The lowest BCUT2D eigenvalue weighted by atomic mass is 10.2. The van der Waals surface area contributed by atoms with Crippen LogP contribution in [0, 0.1) is 11.6 Å². The summed E-state index contributed by atoms with van der Waals surface area (Å²) in [6.45, 7) is 0.258. The Bertz CT molecular complexity index is 1040. The predicted molar refractivity (Wildman–Crippen MR) is 108 cm³/mol. The molecule has 0 atom stereocenters. The fourth-order valence-electron chi connectivity index (χ4n) is 2.42. The fourth-order valence-corrected chi connectivity index (χ4v) is 2.42. The highest BCUT2D eigenvalue weighted by Crippen LogP contribution is 2.22. The minimum atomic E-state index is -0.688. The first-order valence-electron chi connectivity index (χ1n) is 8.97. The molecule has 31 heavy (non-hydrogen) atoms. The predicted octanol–water partition coefficient (Wildman–Crippen LogP) is 4.51. The van der Waals surface area contributed by atoms with Crippen LogP contribution in [0.4, 0.5) is 8.78 Å². The zero-order valence-corrected chi connectivity index (χ0v) is 16.8. The highest BCUT2D eigenvalue weighted by atomic mass is 19.1. The summed E-state index contributed by atoms with van der Waals surface area (Å²) < 4.78 is 40.1. The second-order valence-electron chi connectivity index (χ2n) is 6.06. The lowest BCUT2D eigenvalue weighted by molar-refractivity contribution is 0.0587. The molecule has 0 aliphatic carbocycles. The normalized spacial score (nSPS) is 9.81. The van der Waals surface area contributed by atoms with Gasteiger partial charge in [-0.25, -0.2) is 18.4 Å². The number of halogens is 2. The first-order valence-corrected chi connectivity index (χ1v) is 8.97. The van der Waals surface area contributed by atoms with Gasteiger partial charge in [0, 0.05) is 12.1 Å². The number of hydrogen-bond donors (Lipinski definition) is 1. The van der Waals surface area contributed by atoms with Crippen LogP contribution in [0.3, 0.4) is 0 Å². The van der Waals surface area contributed by atoms with Gasteiger partial charge in [0.05, 0.1) is 14.2 Å². The molecule has 3 aromatic rings. The molecule has 162 valence electrons. The number of ether oxygens (including phenoxy) is 3. The number of carbonyl (C=O) groups excluding carboxylic acids is 2. The minimum Gasteiger partial charge on any atom is -0.507 e. The largest absolute Gasteiger partial charge is 0.507 e. The van der Waals surface area contributed by atoms with E-state index in [-0.39, 0.29) is 23.5 Å². The van der Waals surface area contributed by atoms with E-state index in [4.69, 9.17) is 9.84 Å². The maximum atomic E-state index is 13.2. The van der Waals surface area contributed by atoms with E-state index in [9.17, 15) is 18.4 Å². The zero-order valence-electron chi connectivity index (χ0n) is 16.8. The molecule has 0 unspecified atom stereocenters. The molecule has 0 aliphatic rings. The van der Waals surface area contributed by atoms with Gasteiger partial charge < -0.3 is 19.3 Å². The molecular weight excluding hydrogens is 410 g/mol. The van der Waals surface area contributed by atoms with E-state index in [2.05, 4.69) is 9.47 Å². The van der Waals surface area contributed by atoms with Gasteiger partial charge in [-0.15, -0.1) is 0 Å². The van der Waals surface area contributed by atoms with Crippen LogP contribution in [0.15, 0.2) is 66.7 Å². The number of phenols is 1. The topological polar surface area (TPSA) is 82.1 Å². The van der Waals surface area contributed by atoms with E-state index in [1.165, 1.54) is 32.4 Å². The van der Waals surface area contributed by atoms with Crippen molar-refractivity contribution in [3.63, 3.8) is 0 Å². The first kappa shape index (κ1) is 23.3. The average Bonchev–Trinajstić information content (AvgIpc) is 2.78. The van der Waals surface area contributed by atoms with Crippen molar-refractivity contribution in [3.05, 3.63) is 95.1 Å². The van der Waals surface area contributed by atoms with Gasteiger partial charge in [-0.3, -0.25) is 0 Å². The molecular formula is C23H20F2O6. The molecule has 0 radical (unpaired) electrons. The number of aromatic hydroxyl groups is 1. The summed E-state index contributed by atoms with van der Waals surface area (Å²) in [5.41, 5.74) is 1.10. The van der Waals surface area contributed by atoms with Gasteiger partial charge in [-0.2, -0.15) is 0 Å². The molecule has 0 aromatic heterocycles. The van der Waals surface area contributed by atoms with E-state index in [1.807, 2.05) is 30.3 Å². The Balaban J connectivity index is 0.000000245. The number of methoxy groups -OCH3 is 2. The highest BCUT2D eigenvalue weighted by molar-refractivity contribution is 5.92. The van der Waals surface area contributed by atoms with Crippen LogP contribution in [-0.2, 0) is 16.1 Å². The molecule has 0 fully saturated rings. The second kappa shape index (κ2) is 11.3. The Morgan fingerprint density at radius 3 is 1.94 bits per heavy atom. The number of carbonyl (C=O) groups is 2. The van der Waals surface area contributed by atoms with Gasteiger partial charge in [0.15, 0.2) is 0 Å². The van der Waals surface area contributed by atoms with Crippen LogP contribution < -0.4 is 4.74 Å². The van der Waals surface area contributed by atoms with Gasteiger partial charge in [0.25, 0.3) is 0 Å². The summed E-state index contributed by atoms with van der Waals surface area (Å²) in [5, 5.41) is 9.05. The highest BCUT2D eigenvalue weighted by Gasteiger charge is 2.14. The van der Waals surface area contributed by atoms with Crippen LogP contribution in [0.5, 0.6) is 11.5 Å². The van der Waals surface area contributed by atoms with Crippen molar-refractivity contribution in [1.29, 1.82) is 0 Å². The average molecular weight is 430 g/mol. The molecule has 1 N–H and O–H groups in total. The molecule has 0 amide bonds. The molecule has 0 saturated carbocycles. The maximum absolute atomic E-state index is 13.2. The standard InChI is InChI=1S/C15H13FO3.C8H7FO3/c1-18-15(17)13-8-7-12(16)9-14(13)19-10-11-5-3-2-4-6-11;1-12-8(11)6-3-2-5(9)4-7(6)10/h2-9H,10H2,1H3;2-4,10H,1H3. The lowest BCUT2D eigenvalue weighted by Crippen LogP contribution is -2.06. The number of phenolic OH excluding ortho intramolecular Hbond substituents is 1. The molecule has 8 heteroatoms. The van der Waals surface area contributed by atoms with Crippen LogP contribution in [0.25, 0.3) is 0 Å². The van der Waals surface area contributed by atoms with Crippen LogP contribution in [0.2, 0.25) is 0 Å². The van der Waals surface area contributed by atoms with Crippen LogP contribution >= 0.6 is 0 Å². The fraction of sp³-hybridized carbons (Fsp3) is 0.130. The quantitative estimate of drug-likeness (QED) is 0.600. The van der Waals surface area contributed by atoms with Gasteiger partial charge in [0.2, 0.25) is 0 Å². The van der Waals surface area contributed by atoms with Crippen molar-refractivity contribution in [2.75, 3.05) is 14.2 Å². The Labute approximate surface area is 177 Å². The number of rotatable bonds is 5. The third kappa shape index (κ3) is 6.81. The Morgan fingerprint density at radius 1 is 0.806 bits per heavy atom. The van der Waals surface area contributed by atoms with Crippen LogP contribution in [0.1, 0.15) is 26.3 Å². The third-order valence-electron chi connectivity index (χ3n) is 3.95. The van der Waals surface area contributed by atoms with E-state index in [1.54, 1.807) is 0 Å². The molecule has 6 nitrogen and oxygen atoms in total. The van der Waals surface area contributed by atoms with Crippen molar-refractivity contribution >= 4 is 11.9 Å². The first-order chi connectivity index (χ1) is 14.8. The van der Waals surface area contributed by atoms with Crippen molar-refractivity contribution in [2.45, 2.75) is 6.61 Å². The van der Waals surface area contributed by atoms with Crippen molar-refractivity contribution < 1.29 is 37.7 Å². The summed E-state index contributed by atoms with van der Waals surface area (Å²) in [4.78, 5) is 22.4. The zero-order chi connectivity index (χ0) is 22.8. The van der Waals surface area contributed by atoms with Gasteiger partial charge >= 0.3 is 11.9 Å². The molecule has 0 spiro atoms. The monoisotopic (exact) mass is 430 g/mol. The third-order valence-corrected chi connectivity index (χ3v) is 3.95. The summed E-state index contributed by atoms with van der Waals surface area (Å²) >= 11 is 0. The molecule has 0 aliphatic heterocycles. The lowest BCUT2D eigenvalue weighted by Gasteiger charge is -2.10. The van der Waals surface area contributed by atoms with Crippen LogP contribution in [-0.4, -0.2) is 31.3 Å². The summed E-state index contributed by atoms with van der Waals surface area (Å²) in [6, 6.07) is 16.2. The summed E-state index contributed by atoms with van der Waals surface area (Å²) in [5.74, 6) is -2.54. The Kier molecular flexibility index (Phi) is 8.51. The molecule has 0 saturated heterocycles. The SMILES string of the molecule is COC(=O)c1ccc(F)cc1O.COC(=O)c1ccc(F)cc1OCc1ccccc1. The minimum absolute atomic E-state index is 0.0427. The molecule has 3 rings (SSSR count). The second-order valence-corrected chi connectivity index (χ2v) is 6.06. The van der Waals surface area contributed by atoms with E-state index in [0.29, 0.717) is 0 Å². The molecule has 0 bridgehead atoms. The summed E-state index contributed by atoms with van der Waals surface area (Å²) in [6.07, 6.45) is 0. The van der Waals surface area contributed by atoms with E-state index >= 15 is 0 Å². The number of benzene rings is 3. The maximum Gasteiger partial charge on any atom is 0.341 e. The number of hydrogen-bond acceptors (Lipinski definition) is 6. The molecule has 3 aromatic carbocycles. The van der Waals surface area contributed by atoms with Crippen molar-refractivity contribution in [1.82, 2.24) is 0 Å². The van der Waals surface area contributed by atoms with Gasteiger partial charge in [-0.05, 0) is 29.8 Å². The summed E-state index contributed by atoms with van der Waals surface area (Å²) in [7, 11) is 2.46. The van der Waals surface area contributed by atoms with E-state index in [0.717, 1.165) is 23.8 Å². The van der Waals surface area contributed by atoms with Crippen molar-refractivity contribution in [3.8, 4) is 11.5 Å². The van der Waals surface area contributed by atoms with Crippen molar-refractivity contribution in [2.24, 2.45) is 0 Å². The smallest absolute Gasteiger partial charge is 0.341 e.